The first-order chi connectivity index (χ1) is 14.8. The molecule has 1 aromatic carbocycles. The van der Waals surface area contributed by atoms with E-state index in [2.05, 4.69) is 15.2 Å². The highest BCUT2D eigenvalue weighted by Crippen LogP contribution is 2.32. The van der Waals surface area contributed by atoms with E-state index in [4.69, 9.17) is 9.84 Å². The molecule has 6 nitrogen and oxygen atoms in total. The van der Waals surface area contributed by atoms with E-state index in [1.54, 1.807) is 12.4 Å². The Bertz CT molecular complexity index is 849. The first-order valence-electron chi connectivity index (χ1n) is 10.1. The lowest BCUT2D eigenvalue weighted by Crippen LogP contribution is -2.47. The molecule has 0 unspecified atom stereocenters. The molecular weight excluding hydrogens is 411 g/mol. The topological polar surface area (TPSA) is 74.7 Å². The number of aromatic nitrogens is 1. The average Bonchev–Trinajstić information content (AvgIpc) is 2.76. The third-order valence-corrected chi connectivity index (χ3v) is 5.20. The van der Waals surface area contributed by atoms with Crippen molar-refractivity contribution in [2.45, 2.75) is 19.1 Å². The summed E-state index contributed by atoms with van der Waals surface area (Å²) in [6.45, 7) is 2.10. The maximum atomic E-state index is 12.9. The van der Waals surface area contributed by atoms with Gasteiger partial charge in [0.2, 0.25) is 5.91 Å². The van der Waals surface area contributed by atoms with Crippen LogP contribution < -0.4 is 10.1 Å². The van der Waals surface area contributed by atoms with Crippen LogP contribution in [0.5, 0.6) is 5.75 Å². The van der Waals surface area contributed by atoms with E-state index in [1.165, 1.54) is 12.1 Å². The normalized spacial score (nSPS) is 19.7. The molecule has 168 valence electrons. The highest BCUT2D eigenvalue weighted by Gasteiger charge is 2.33. The van der Waals surface area contributed by atoms with E-state index in [1.807, 2.05) is 12.1 Å². The van der Waals surface area contributed by atoms with Crippen molar-refractivity contribution in [3.8, 4) is 5.75 Å². The first kappa shape index (κ1) is 23.0. The van der Waals surface area contributed by atoms with Crippen LogP contribution in [0.1, 0.15) is 17.5 Å². The van der Waals surface area contributed by atoms with Crippen molar-refractivity contribution in [2.24, 2.45) is 11.8 Å². The number of pyridine rings is 1. The van der Waals surface area contributed by atoms with Crippen LogP contribution in [0.25, 0.3) is 0 Å². The molecule has 1 amide bonds. The minimum absolute atomic E-state index is 0.0324. The van der Waals surface area contributed by atoms with E-state index in [0.717, 1.165) is 17.7 Å². The molecule has 3 rings (SSSR count). The minimum Gasteiger partial charge on any atom is -0.493 e. The second-order valence-electron chi connectivity index (χ2n) is 7.70. The zero-order chi connectivity index (χ0) is 22.3. The van der Waals surface area contributed by atoms with Gasteiger partial charge in [0, 0.05) is 44.5 Å². The van der Waals surface area contributed by atoms with Crippen LogP contribution >= 0.6 is 0 Å². The zero-order valence-corrected chi connectivity index (χ0v) is 17.0. The highest BCUT2D eigenvalue weighted by atomic mass is 19.4. The number of nitrogens with one attached hydrogen (secondary N) is 1. The summed E-state index contributed by atoms with van der Waals surface area (Å²) in [5, 5.41) is 11.7. The van der Waals surface area contributed by atoms with E-state index >= 15 is 0 Å². The largest absolute Gasteiger partial charge is 0.493 e. The fourth-order valence-corrected chi connectivity index (χ4v) is 3.79. The Labute approximate surface area is 179 Å². The molecule has 0 saturated carbocycles. The van der Waals surface area contributed by atoms with Crippen molar-refractivity contribution < 1.29 is 27.8 Å². The number of hydrogen-bond donors (Lipinski definition) is 2. The van der Waals surface area contributed by atoms with Gasteiger partial charge in [0.05, 0.1) is 24.7 Å². The number of nitrogens with zero attached hydrogens (tertiary/aromatic N) is 2. The number of alkyl halides is 3. The van der Waals surface area contributed by atoms with Gasteiger partial charge >= 0.3 is 6.18 Å². The fraction of sp³-hybridized carbons (Fsp3) is 0.455. The third kappa shape index (κ3) is 6.93. The highest BCUT2D eigenvalue weighted by molar-refractivity contribution is 5.79. The van der Waals surface area contributed by atoms with Crippen molar-refractivity contribution in [1.29, 1.82) is 0 Å². The smallest absolute Gasteiger partial charge is 0.416 e. The number of ether oxygens (including phenoxy) is 1. The predicted molar refractivity (Wildman–Crippen MR) is 108 cm³/mol. The van der Waals surface area contributed by atoms with Crippen LogP contribution in [0.3, 0.4) is 0 Å². The van der Waals surface area contributed by atoms with Crippen LogP contribution in [0.4, 0.5) is 13.2 Å². The number of halogens is 3. The van der Waals surface area contributed by atoms with Crippen molar-refractivity contribution >= 4 is 5.91 Å². The number of hydrogen-bond acceptors (Lipinski definition) is 5. The van der Waals surface area contributed by atoms with E-state index in [9.17, 15) is 18.0 Å². The van der Waals surface area contributed by atoms with Crippen molar-refractivity contribution in [1.82, 2.24) is 15.2 Å². The van der Waals surface area contributed by atoms with Gasteiger partial charge in [-0.1, -0.05) is 6.07 Å². The van der Waals surface area contributed by atoms with Gasteiger partial charge in [0.25, 0.3) is 0 Å². The van der Waals surface area contributed by atoms with Gasteiger partial charge in [0.1, 0.15) is 5.75 Å². The lowest BCUT2D eigenvalue weighted by Gasteiger charge is -2.37. The molecule has 31 heavy (non-hydrogen) atoms. The first-order valence-corrected chi connectivity index (χ1v) is 10.1. The summed E-state index contributed by atoms with van der Waals surface area (Å²) >= 11 is 0. The lowest BCUT2D eigenvalue weighted by molar-refractivity contribution is -0.137. The molecule has 1 aliphatic rings. The van der Waals surface area contributed by atoms with Crippen LogP contribution in [0, 0.1) is 11.8 Å². The number of carbonyl (C=O) groups is 1. The Balaban J connectivity index is 1.66. The molecule has 0 radical (unpaired) electrons. The summed E-state index contributed by atoms with van der Waals surface area (Å²) < 4.78 is 44.5. The van der Waals surface area contributed by atoms with Gasteiger partial charge < -0.3 is 15.2 Å². The Morgan fingerprint density at radius 3 is 2.71 bits per heavy atom. The molecule has 1 aliphatic heterocycles. The van der Waals surface area contributed by atoms with Gasteiger partial charge in [-0.2, -0.15) is 13.2 Å². The number of aliphatic hydroxyl groups is 1. The number of piperidine rings is 1. The molecule has 0 bridgehead atoms. The van der Waals surface area contributed by atoms with Gasteiger partial charge in [-0.25, -0.2) is 0 Å². The number of amides is 1. The van der Waals surface area contributed by atoms with Gasteiger partial charge in [-0.3, -0.25) is 14.7 Å². The Morgan fingerprint density at radius 1 is 1.23 bits per heavy atom. The number of benzene rings is 1. The van der Waals surface area contributed by atoms with E-state index in [-0.39, 0.29) is 43.3 Å². The summed E-state index contributed by atoms with van der Waals surface area (Å²) in [6, 6.07) is 8.62. The fourth-order valence-electron chi connectivity index (χ4n) is 3.79. The van der Waals surface area contributed by atoms with Crippen LogP contribution in [0.15, 0.2) is 48.8 Å². The third-order valence-electron chi connectivity index (χ3n) is 5.20. The van der Waals surface area contributed by atoms with Crippen molar-refractivity contribution in [2.75, 3.05) is 32.8 Å². The second-order valence-corrected chi connectivity index (χ2v) is 7.70. The molecule has 1 saturated heterocycles. The molecule has 2 atom stereocenters. The molecule has 2 aromatic rings. The Kier molecular flexibility index (Phi) is 7.86. The number of likely N-dealkylation sites (tertiary alicyclic amines) is 1. The van der Waals surface area contributed by atoms with Crippen molar-refractivity contribution in [3.63, 3.8) is 0 Å². The minimum atomic E-state index is -4.43. The van der Waals surface area contributed by atoms with Crippen LogP contribution in [0.2, 0.25) is 0 Å². The zero-order valence-electron chi connectivity index (χ0n) is 17.0. The maximum Gasteiger partial charge on any atom is 0.416 e. The molecule has 2 N–H and O–H groups in total. The summed E-state index contributed by atoms with van der Waals surface area (Å²) in [4.78, 5) is 18.7. The second kappa shape index (κ2) is 10.6. The van der Waals surface area contributed by atoms with Gasteiger partial charge in [-0.05, 0) is 42.3 Å². The molecule has 0 spiro atoms. The standard InChI is InChI=1S/C22H26F3N3O3/c23-22(24,25)19-2-1-3-20(11-19)31-15-17-10-18(21(30)27-8-9-29)14-28(13-17)12-16-4-6-26-7-5-16/h1-7,11,17-18,29H,8-10,12-15H2,(H,27,30)/t17-,18+/m0/s1. The summed E-state index contributed by atoms with van der Waals surface area (Å²) in [5.74, 6) is -0.313. The molecule has 9 heteroatoms. The molecule has 2 heterocycles. The number of carbonyl (C=O) groups excluding carboxylic acids is 1. The Morgan fingerprint density at radius 2 is 2.00 bits per heavy atom. The number of rotatable bonds is 8. The average molecular weight is 437 g/mol. The molecule has 0 aliphatic carbocycles. The number of aliphatic hydroxyl groups excluding tert-OH is 1. The van der Waals surface area contributed by atoms with Crippen LogP contribution in [-0.4, -0.2) is 53.7 Å². The van der Waals surface area contributed by atoms with E-state index in [0.29, 0.717) is 26.1 Å². The molecule has 1 aromatic heterocycles. The summed E-state index contributed by atoms with van der Waals surface area (Å²) in [5.41, 5.74) is 0.304. The molecular formula is C22H26F3N3O3. The quantitative estimate of drug-likeness (QED) is 0.664. The lowest BCUT2D eigenvalue weighted by atomic mass is 9.88. The summed E-state index contributed by atoms with van der Waals surface area (Å²) in [7, 11) is 0. The molecule has 1 fully saturated rings. The Hall–Kier alpha value is -2.65. The predicted octanol–water partition coefficient (Wildman–Crippen LogP) is 2.73. The SMILES string of the molecule is O=C(NCCO)[C@@H]1C[C@H](COc2cccc(C(F)(F)F)c2)CN(Cc2ccncc2)C1. The monoisotopic (exact) mass is 437 g/mol. The maximum absolute atomic E-state index is 12.9. The van der Waals surface area contributed by atoms with Crippen molar-refractivity contribution in [3.05, 3.63) is 59.9 Å². The van der Waals surface area contributed by atoms with Gasteiger partial charge in [0.15, 0.2) is 0 Å². The van der Waals surface area contributed by atoms with E-state index < -0.39 is 11.7 Å². The van der Waals surface area contributed by atoms with Gasteiger partial charge in [-0.15, -0.1) is 0 Å². The summed E-state index contributed by atoms with van der Waals surface area (Å²) in [6.07, 6.45) is -0.456. The van der Waals surface area contributed by atoms with Crippen LogP contribution in [-0.2, 0) is 17.5 Å².